The number of aliphatic hydroxyl groups is 1. The van der Waals surface area contributed by atoms with Crippen LogP contribution >= 0.6 is 0 Å². The topological polar surface area (TPSA) is 57.5 Å². The minimum Gasteiger partial charge on any atom is -0.479 e. The number of carbonyl (C=O) groups is 1. The van der Waals surface area contributed by atoms with Crippen LogP contribution < -0.4 is 0 Å². The second-order valence-corrected chi connectivity index (χ2v) is 6.08. The van der Waals surface area contributed by atoms with Gasteiger partial charge in [0.2, 0.25) is 0 Å². The van der Waals surface area contributed by atoms with Gasteiger partial charge in [0, 0.05) is 5.92 Å². The smallest absolute Gasteiger partial charge is 0.336 e. The summed E-state index contributed by atoms with van der Waals surface area (Å²) in [6.07, 6.45) is 4.08. The Balaban J connectivity index is 3.03. The predicted octanol–water partition coefficient (Wildman–Crippen LogP) is 2.92. The van der Waals surface area contributed by atoms with Crippen LogP contribution in [0.2, 0.25) is 0 Å². The Bertz CT molecular complexity index is 273. The first kappa shape index (κ1) is 14.5. The molecule has 0 spiro atoms. The lowest BCUT2D eigenvalue weighted by molar-refractivity contribution is -0.179. The molecule has 0 bridgehead atoms. The summed E-state index contributed by atoms with van der Waals surface area (Å²) in [7, 11) is 0. The number of hydrogen-bond acceptors (Lipinski definition) is 2. The molecule has 1 aliphatic carbocycles. The molecule has 2 N–H and O–H groups in total. The van der Waals surface area contributed by atoms with Crippen molar-refractivity contribution in [1.29, 1.82) is 0 Å². The molecule has 1 rings (SSSR count). The first-order valence-corrected chi connectivity index (χ1v) is 6.77. The number of carboxylic acid groups (broad SMARTS) is 1. The van der Waals surface area contributed by atoms with Crippen molar-refractivity contribution in [2.24, 2.45) is 23.7 Å². The van der Waals surface area contributed by atoms with E-state index in [0.717, 1.165) is 25.7 Å². The summed E-state index contributed by atoms with van der Waals surface area (Å²) in [5.41, 5.74) is -1.56. The van der Waals surface area contributed by atoms with E-state index in [1.165, 1.54) is 0 Å². The molecule has 3 heteroatoms. The molecular formula is C14H26O3. The zero-order valence-electron chi connectivity index (χ0n) is 11.4. The summed E-state index contributed by atoms with van der Waals surface area (Å²) in [5, 5.41) is 20.0. The fourth-order valence-electron chi connectivity index (χ4n) is 3.34. The highest BCUT2D eigenvalue weighted by molar-refractivity contribution is 5.78. The highest BCUT2D eigenvalue weighted by atomic mass is 16.4. The SMILES string of the molecule is CC(C)C1CCCCC1C(O)(C(=O)O)C(C)C. The molecule has 100 valence electrons. The monoisotopic (exact) mass is 242 g/mol. The largest absolute Gasteiger partial charge is 0.479 e. The molecule has 1 aliphatic rings. The Morgan fingerprint density at radius 1 is 1.18 bits per heavy atom. The molecule has 0 aliphatic heterocycles. The second-order valence-electron chi connectivity index (χ2n) is 6.08. The van der Waals surface area contributed by atoms with Gasteiger partial charge in [-0.3, -0.25) is 0 Å². The molecule has 0 aromatic carbocycles. The zero-order valence-corrected chi connectivity index (χ0v) is 11.4. The maximum absolute atomic E-state index is 11.5. The number of carboxylic acids is 1. The van der Waals surface area contributed by atoms with Crippen LogP contribution in [0.15, 0.2) is 0 Å². The molecule has 3 nitrogen and oxygen atoms in total. The van der Waals surface area contributed by atoms with Crippen molar-refractivity contribution in [2.45, 2.75) is 59.0 Å². The standard InChI is InChI=1S/C14H26O3/c1-9(2)11-7-5-6-8-12(11)14(17,10(3)4)13(15)16/h9-12,17H,5-8H2,1-4H3,(H,15,16). The van der Waals surface area contributed by atoms with Crippen molar-refractivity contribution < 1.29 is 15.0 Å². The minimum atomic E-state index is -1.56. The van der Waals surface area contributed by atoms with Crippen molar-refractivity contribution in [2.75, 3.05) is 0 Å². The van der Waals surface area contributed by atoms with E-state index >= 15 is 0 Å². The van der Waals surface area contributed by atoms with Gasteiger partial charge in [0.05, 0.1) is 0 Å². The van der Waals surface area contributed by atoms with Gasteiger partial charge in [0.25, 0.3) is 0 Å². The lowest BCUT2D eigenvalue weighted by atomic mass is 9.63. The van der Waals surface area contributed by atoms with Crippen molar-refractivity contribution in [1.82, 2.24) is 0 Å². The third kappa shape index (κ3) is 2.65. The van der Waals surface area contributed by atoms with Gasteiger partial charge in [-0.25, -0.2) is 4.79 Å². The second kappa shape index (κ2) is 5.38. The number of hydrogen-bond donors (Lipinski definition) is 2. The van der Waals surface area contributed by atoms with Gasteiger partial charge in [-0.15, -0.1) is 0 Å². The van der Waals surface area contributed by atoms with Crippen molar-refractivity contribution >= 4 is 5.97 Å². The summed E-state index contributed by atoms with van der Waals surface area (Å²) in [6, 6.07) is 0. The Morgan fingerprint density at radius 2 is 1.71 bits per heavy atom. The summed E-state index contributed by atoms with van der Waals surface area (Å²) < 4.78 is 0. The maximum atomic E-state index is 11.5. The van der Waals surface area contributed by atoms with E-state index in [1.54, 1.807) is 13.8 Å². The molecule has 1 fully saturated rings. The fourth-order valence-corrected chi connectivity index (χ4v) is 3.34. The van der Waals surface area contributed by atoms with Crippen LogP contribution in [0, 0.1) is 23.7 Å². The van der Waals surface area contributed by atoms with E-state index in [9.17, 15) is 15.0 Å². The Kier molecular flexibility index (Phi) is 4.59. The van der Waals surface area contributed by atoms with Gasteiger partial charge >= 0.3 is 5.97 Å². The lowest BCUT2D eigenvalue weighted by Crippen LogP contribution is -2.54. The summed E-state index contributed by atoms with van der Waals surface area (Å²) >= 11 is 0. The molecule has 3 atom stereocenters. The van der Waals surface area contributed by atoms with E-state index in [0.29, 0.717) is 11.8 Å². The van der Waals surface area contributed by atoms with Crippen LogP contribution in [0.4, 0.5) is 0 Å². The Hall–Kier alpha value is -0.570. The van der Waals surface area contributed by atoms with Gasteiger partial charge < -0.3 is 10.2 Å². The van der Waals surface area contributed by atoms with Gasteiger partial charge in [-0.1, -0.05) is 40.5 Å². The highest BCUT2D eigenvalue weighted by Gasteiger charge is 2.50. The van der Waals surface area contributed by atoms with Crippen molar-refractivity contribution in [3.05, 3.63) is 0 Å². The lowest BCUT2D eigenvalue weighted by Gasteiger charge is -2.44. The molecule has 0 aromatic heterocycles. The van der Waals surface area contributed by atoms with E-state index in [1.807, 2.05) is 0 Å². The number of aliphatic carboxylic acids is 1. The quantitative estimate of drug-likeness (QED) is 0.797. The first-order chi connectivity index (χ1) is 7.81. The average Bonchev–Trinajstić information content (AvgIpc) is 2.27. The van der Waals surface area contributed by atoms with Crippen LogP contribution in [-0.2, 0) is 4.79 Å². The van der Waals surface area contributed by atoms with Crippen LogP contribution in [0.1, 0.15) is 53.4 Å². The van der Waals surface area contributed by atoms with Gasteiger partial charge in [-0.05, 0) is 30.6 Å². The Morgan fingerprint density at radius 3 is 2.12 bits per heavy atom. The summed E-state index contributed by atoms with van der Waals surface area (Å²) in [5.74, 6) is -0.639. The van der Waals surface area contributed by atoms with E-state index in [2.05, 4.69) is 13.8 Å². The van der Waals surface area contributed by atoms with Crippen LogP contribution in [-0.4, -0.2) is 21.8 Å². The molecule has 17 heavy (non-hydrogen) atoms. The first-order valence-electron chi connectivity index (χ1n) is 6.77. The maximum Gasteiger partial charge on any atom is 0.336 e. The van der Waals surface area contributed by atoms with Crippen LogP contribution in [0.25, 0.3) is 0 Å². The fraction of sp³-hybridized carbons (Fsp3) is 0.929. The normalized spacial score (nSPS) is 29.4. The molecule has 3 unspecified atom stereocenters. The van der Waals surface area contributed by atoms with Crippen molar-refractivity contribution in [3.8, 4) is 0 Å². The summed E-state index contributed by atoms with van der Waals surface area (Å²) in [4.78, 5) is 11.5. The molecule has 0 amide bonds. The summed E-state index contributed by atoms with van der Waals surface area (Å²) in [6.45, 7) is 7.87. The zero-order chi connectivity index (χ0) is 13.2. The van der Waals surface area contributed by atoms with E-state index in [4.69, 9.17) is 0 Å². The molecular weight excluding hydrogens is 216 g/mol. The molecule has 0 radical (unpaired) electrons. The third-order valence-electron chi connectivity index (χ3n) is 4.46. The number of rotatable bonds is 4. The molecule has 0 saturated heterocycles. The minimum absolute atomic E-state index is 0.103. The predicted molar refractivity (Wildman–Crippen MR) is 67.7 cm³/mol. The van der Waals surface area contributed by atoms with E-state index in [-0.39, 0.29) is 11.8 Å². The molecule has 0 aromatic rings. The molecule has 0 heterocycles. The van der Waals surface area contributed by atoms with E-state index < -0.39 is 11.6 Å². The van der Waals surface area contributed by atoms with Gasteiger partial charge in [0.15, 0.2) is 5.60 Å². The van der Waals surface area contributed by atoms with Crippen LogP contribution in [0.5, 0.6) is 0 Å². The average molecular weight is 242 g/mol. The van der Waals surface area contributed by atoms with Crippen LogP contribution in [0.3, 0.4) is 0 Å². The third-order valence-corrected chi connectivity index (χ3v) is 4.46. The molecule has 1 saturated carbocycles. The highest BCUT2D eigenvalue weighted by Crippen LogP contribution is 2.44. The van der Waals surface area contributed by atoms with Crippen molar-refractivity contribution in [3.63, 3.8) is 0 Å². The Labute approximate surface area is 104 Å². The van der Waals surface area contributed by atoms with Gasteiger partial charge in [-0.2, -0.15) is 0 Å². The van der Waals surface area contributed by atoms with Gasteiger partial charge in [0.1, 0.15) is 0 Å².